The van der Waals surface area contributed by atoms with E-state index in [1.807, 2.05) is 6.07 Å². The number of nitrogens with one attached hydrogen (secondary N) is 1. The van der Waals surface area contributed by atoms with Gasteiger partial charge >= 0.3 is 0 Å². The first kappa shape index (κ1) is 16.9. The van der Waals surface area contributed by atoms with E-state index in [1.165, 1.54) is 0 Å². The molecule has 1 aromatic carbocycles. The highest BCUT2D eigenvalue weighted by atomic mass is 19.1. The van der Waals surface area contributed by atoms with Crippen LogP contribution >= 0.6 is 0 Å². The van der Waals surface area contributed by atoms with Crippen LogP contribution in [-0.4, -0.2) is 29.8 Å². The van der Waals surface area contributed by atoms with Crippen LogP contribution in [-0.2, 0) is 6.54 Å². The summed E-state index contributed by atoms with van der Waals surface area (Å²) in [5, 5.41) is 13.1. The van der Waals surface area contributed by atoms with E-state index in [9.17, 15) is 9.50 Å². The van der Waals surface area contributed by atoms with Crippen molar-refractivity contribution < 1.29 is 9.50 Å². The number of nitrogens with zero attached hydrogens (tertiary/aromatic N) is 1. The van der Waals surface area contributed by atoms with Gasteiger partial charge in [-0.1, -0.05) is 6.07 Å². The second-order valence-electron chi connectivity index (χ2n) is 7.06. The molecule has 4 heteroatoms. The molecular formula is C16H27FN2O. The van der Waals surface area contributed by atoms with Crippen molar-refractivity contribution in [1.29, 1.82) is 0 Å². The normalized spacial score (nSPS) is 12.6. The average molecular weight is 282 g/mol. The van der Waals surface area contributed by atoms with Gasteiger partial charge in [-0.15, -0.1) is 0 Å². The van der Waals surface area contributed by atoms with E-state index in [0.717, 1.165) is 5.56 Å². The molecule has 0 aliphatic rings. The van der Waals surface area contributed by atoms with Crippen LogP contribution in [0, 0.1) is 5.82 Å². The third kappa shape index (κ3) is 5.88. The molecule has 0 aromatic heterocycles. The van der Waals surface area contributed by atoms with Gasteiger partial charge in [0.2, 0.25) is 0 Å². The molecule has 114 valence electrons. The smallest absolute Gasteiger partial charge is 0.146 e. The third-order valence-electron chi connectivity index (χ3n) is 2.87. The molecule has 0 bridgehead atoms. The second-order valence-corrected chi connectivity index (χ2v) is 7.06. The Kier molecular flexibility index (Phi) is 5.16. The summed E-state index contributed by atoms with van der Waals surface area (Å²) in [6, 6.07) is 5.23. The Morgan fingerprint density at radius 2 is 1.80 bits per heavy atom. The Labute approximate surface area is 121 Å². The molecule has 0 saturated carbocycles. The van der Waals surface area contributed by atoms with Gasteiger partial charge in [0.25, 0.3) is 0 Å². The van der Waals surface area contributed by atoms with Crippen LogP contribution in [0.4, 0.5) is 10.1 Å². The number of aliphatic hydroxyl groups is 1. The fourth-order valence-corrected chi connectivity index (χ4v) is 2.00. The lowest BCUT2D eigenvalue weighted by Crippen LogP contribution is -2.36. The van der Waals surface area contributed by atoms with Crippen LogP contribution < -0.4 is 10.2 Å². The highest BCUT2D eigenvalue weighted by Gasteiger charge is 2.18. The van der Waals surface area contributed by atoms with Gasteiger partial charge in [0, 0.05) is 25.7 Å². The summed E-state index contributed by atoms with van der Waals surface area (Å²) in [4.78, 5) is 1.73. The van der Waals surface area contributed by atoms with Crippen molar-refractivity contribution in [3.8, 4) is 0 Å². The van der Waals surface area contributed by atoms with E-state index in [-0.39, 0.29) is 11.4 Å². The molecule has 1 aromatic rings. The molecule has 0 radical (unpaired) electrons. The summed E-state index contributed by atoms with van der Waals surface area (Å²) in [5.41, 5.74) is 0.574. The minimum absolute atomic E-state index is 0.00680. The molecule has 0 fully saturated rings. The molecule has 0 unspecified atom stereocenters. The van der Waals surface area contributed by atoms with Gasteiger partial charge in [0.15, 0.2) is 0 Å². The summed E-state index contributed by atoms with van der Waals surface area (Å²) in [6.07, 6.45) is 0. The van der Waals surface area contributed by atoms with Crippen LogP contribution in [0.3, 0.4) is 0 Å². The molecule has 0 heterocycles. The third-order valence-corrected chi connectivity index (χ3v) is 2.87. The van der Waals surface area contributed by atoms with Crippen LogP contribution in [0.2, 0.25) is 0 Å². The first-order valence-electron chi connectivity index (χ1n) is 6.95. The highest BCUT2D eigenvalue weighted by Crippen LogP contribution is 2.21. The minimum atomic E-state index is -0.854. The Balaban J connectivity index is 2.78. The van der Waals surface area contributed by atoms with Gasteiger partial charge in [0.05, 0.1) is 11.3 Å². The number of halogens is 1. The number of likely N-dealkylation sites (N-methyl/N-ethyl adjacent to an activating group) is 1. The van der Waals surface area contributed by atoms with Crippen molar-refractivity contribution in [3.05, 3.63) is 29.6 Å². The molecule has 0 saturated heterocycles. The van der Waals surface area contributed by atoms with Crippen molar-refractivity contribution in [2.24, 2.45) is 0 Å². The summed E-state index contributed by atoms with van der Waals surface area (Å²) in [6.45, 7) is 10.7. The van der Waals surface area contributed by atoms with Gasteiger partial charge in [-0.2, -0.15) is 0 Å². The molecule has 0 atom stereocenters. The number of hydrogen-bond donors (Lipinski definition) is 2. The summed E-state index contributed by atoms with van der Waals surface area (Å²) in [7, 11) is 1.78. The summed E-state index contributed by atoms with van der Waals surface area (Å²) < 4.78 is 14.1. The molecule has 20 heavy (non-hydrogen) atoms. The fraction of sp³-hybridized carbons (Fsp3) is 0.625. The Hall–Kier alpha value is -1.13. The molecule has 0 aliphatic heterocycles. The maximum atomic E-state index is 14.1. The molecule has 0 amide bonds. The van der Waals surface area contributed by atoms with Crippen LogP contribution in [0.25, 0.3) is 0 Å². The van der Waals surface area contributed by atoms with E-state index < -0.39 is 5.60 Å². The number of benzene rings is 1. The van der Waals surface area contributed by atoms with Crippen molar-refractivity contribution in [2.45, 2.75) is 52.3 Å². The molecule has 0 aliphatic carbocycles. The maximum Gasteiger partial charge on any atom is 0.146 e. The topological polar surface area (TPSA) is 35.5 Å². The Bertz CT molecular complexity index is 447. The molecule has 1 rings (SSSR count). The largest absolute Gasteiger partial charge is 0.389 e. The summed E-state index contributed by atoms with van der Waals surface area (Å²) >= 11 is 0. The first-order valence-corrected chi connectivity index (χ1v) is 6.95. The fourth-order valence-electron chi connectivity index (χ4n) is 2.00. The first-order chi connectivity index (χ1) is 8.98. The number of rotatable bonds is 5. The Morgan fingerprint density at radius 3 is 2.25 bits per heavy atom. The van der Waals surface area contributed by atoms with Gasteiger partial charge in [-0.05, 0) is 52.3 Å². The second kappa shape index (κ2) is 6.10. The predicted octanol–water partition coefficient (Wildman–Crippen LogP) is 2.92. The average Bonchev–Trinajstić information content (AvgIpc) is 2.22. The lowest BCUT2D eigenvalue weighted by Gasteiger charge is -2.28. The van der Waals surface area contributed by atoms with Crippen molar-refractivity contribution in [3.63, 3.8) is 0 Å². The standard InChI is InChI=1S/C16H27FN2O/c1-15(2,3)18-10-12-7-8-14(13(17)9-12)19(6)11-16(4,5)20/h7-9,18,20H,10-11H2,1-6H3. The van der Waals surface area contributed by atoms with Crippen molar-refractivity contribution >= 4 is 5.69 Å². The Morgan fingerprint density at radius 1 is 1.20 bits per heavy atom. The van der Waals surface area contributed by atoms with E-state index in [4.69, 9.17) is 0 Å². The maximum absolute atomic E-state index is 14.1. The highest BCUT2D eigenvalue weighted by molar-refractivity contribution is 5.48. The zero-order valence-corrected chi connectivity index (χ0v) is 13.4. The number of anilines is 1. The number of hydrogen-bond acceptors (Lipinski definition) is 3. The van der Waals surface area contributed by atoms with Crippen molar-refractivity contribution in [2.75, 3.05) is 18.5 Å². The molecule has 3 nitrogen and oxygen atoms in total. The van der Waals surface area contributed by atoms with Gasteiger partial charge < -0.3 is 15.3 Å². The molecule has 0 spiro atoms. The van der Waals surface area contributed by atoms with E-state index in [0.29, 0.717) is 18.8 Å². The zero-order chi connectivity index (χ0) is 15.6. The predicted molar refractivity (Wildman–Crippen MR) is 82.6 cm³/mol. The monoisotopic (exact) mass is 282 g/mol. The van der Waals surface area contributed by atoms with Gasteiger partial charge in [0.1, 0.15) is 5.82 Å². The van der Waals surface area contributed by atoms with E-state index in [1.54, 1.807) is 37.9 Å². The van der Waals surface area contributed by atoms with Crippen LogP contribution in [0.5, 0.6) is 0 Å². The van der Waals surface area contributed by atoms with Gasteiger partial charge in [-0.25, -0.2) is 4.39 Å². The zero-order valence-electron chi connectivity index (χ0n) is 13.4. The van der Waals surface area contributed by atoms with E-state index in [2.05, 4.69) is 26.1 Å². The van der Waals surface area contributed by atoms with Gasteiger partial charge in [-0.3, -0.25) is 0 Å². The van der Waals surface area contributed by atoms with Crippen LogP contribution in [0.1, 0.15) is 40.2 Å². The lowest BCUT2D eigenvalue weighted by molar-refractivity contribution is 0.0885. The van der Waals surface area contributed by atoms with Crippen molar-refractivity contribution in [1.82, 2.24) is 5.32 Å². The minimum Gasteiger partial charge on any atom is -0.389 e. The van der Waals surface area contributed by atoms with E-state index >= 15 is 0 Å². The molecule has 2 N–H and O–H groups in total. The lowest BCUT2D eigenvalue weighted by atomic mass is 10.1. The quantitative estimate of drug-likeness (QED) is 0.871. The SMILES string of the molecule is CN(CC(C)(C)O)c1ccc(CNC(C)(C)C)cc1F. The molecular weight excluding hydrogens is 255 g/mol. The summed E-state index contributed by atoms with van der Waals surface area (Å²) in [5.74, 6) is -0.259. The van der Waals surface area contributed by atoms with Crippen LogP contribution in [0.15, 0.2) is 18.2 Å².